The van der Waals surface area contributed by atoms with Crippen molar-refractivity contribution >= 4 is 17.3 Å². The molecule has 1 aromatic carbocycles. The van der Waals surface area contributed by atoms with Gasteiger partial charge in [0.25, 0.3) is 11.6 Å². The van der Waals surface area contributed by atoms with Gasteiger partial charge in [-0.15, -0.1) is 0 Å². The van der Waals surface area contributed by atoms with Crippen LogP contribution in [0.15, 0.2) is 18.2 Å². The van der Waals surface area contributed by atoms with E-state index in [1.165, 1.54) is 6.07 Å². The van der Waals surface area contributed by atoms with Crippen molar-refractivity contribution < 1.29 is 9.72 Å². The molecule has 0 atom stereocenters. The summed E-state index contributed by atoms with van der Waals surface area (Å²) >= 11 is 0. The van der Waals surface area contributed by atoms with Gasteiger partial charge in [-0.1, -0.05) is 13.8 Å². The average Bonchev–Trinajstić information content (AvgIpc) is 3.04. The van der Waals surface area contributed by atoms with Gasteiger partial charge in [0.05, 0.1) is 4.92 Å². The largest absolute Gasteiger partial charge is 0.366 e. The molecule has 1 N–H and O–H groups in total. The number of hydrogen-bond acceptors (Lipinski definition) is 4. The molecule has 0 radical (unpaired) electrons. The molecule has 0 bridgehead atoms. The molecular weight excluding hydrogens is 294 g/mol. The second-order valence-electron chi connectivity index (χ2n) is 6.45. The van der Waals surface area contributed by atoms with E-state index >= 15 is 0 Å². The van der Waals surface area contributed by atoms with Crippen LogP contribution in [-0.2, 0) is 0 Å². The fraction of sp³-hybridized carbons (Fsp3) is 0.588. The van der Waals surface area contributed by atoms with Crippen molar-refractivity contribution in [2.75, 3.05) is 24.5 Å². The number of rotatable bonds is 7. The standard InChI is InChI=1S/C17H25N3O3/c1-13(2)6-5-9-18-17(21)14-7-8-15(16(12-14)20(22)23)19-10-3-4-11-19/h7-8,12-13H,3-6,9-11H2,1-2H3,(H,18,21). The maximum Gasteiger partial charge on any atom is 0.293 e. The van der Waals surface area contributed by atoms with Gasteiger partial charge in [-0.2, -0.15) is 0 Å². The molecular formula is C17H25N3O3. The Morgan fingerprint density at radius 3 is 2.65 bits per heavy atom. The van der Waals surface area contributed by atoms with Crippen molar-refractivity contribution in [3.63, 3.8) is 0 Å². The maximum absolute atomic E-state index is 12.1. The average molecular weight is 319 g/mol. The van der Waals surface area contributed by atoms with Gasteiger partial charge in [-0.25, -0.2) is 0 Å². The fourth-order valence-electron chi connectivity index (χ4n) is 2.85. The summed E-state index contributed by atoms with van der Waals surface area (Å²) in [6.07, 6.45) is 4.07. The van der Waals surface area contributed by atoms with Crippen molar-refractivity contribution in [2.45, 2.75) is 39.5 Å². The Kier molecular flexibility index (Phi) is 5.96. The van der Waals surface area contributed by atoms with Crippen LogP contribution in [0.1, 0.15) is 49.9 Å². The number of nitrogens with zero attached hydrogens (tertiary/aromatic N) is 2. The van der Waals surface area contributed by atoms with E-state index in [0.29, 0.717) is 23.7 Å². The highest BCUT2D eigenvalue weighted by atomic mass is 16.6. The second-order valence-corrected chi connectivity index (χ2v) is 6.45. The van der Waals surface area contributed by atoms with Crippen LogP contribution >= 0.6 is 0 Å². The fourth-order valence-corrected chi connectivity index (χ4v) is 2.85. The highest BCUT2D eigenvalue weighted by Gasteiger charge is 2.23. The highest BCUT2D eigenvalue weighted by Crippen LogP contribution is 2.31. The third-order valence-electron chi connectivity index (χ3n) is 4.12. The minimum Gasteiger partial charge on any atom is -0.366 e. The van der Waals surface area contributed by atoms with Crippen molar-refractivity contribution in [3.05, 3.63) is 33.9 Å². The Bertz CT molecular complexity index is 566. The number of nitro benzene ring substituents is 1. The SMILES string of the molecule is CC(C)CCCNC(=O)c1ccc(N2CCCC2)c([N+](=O)[O-])c1. The molecule has 23 heavy (non-hydrogen) atoms. The van der Waals surface area contributed by atoms with Gasteiger partial charge in [0.2, 0.25) is 0 Å². The molecule has 1 saturated heterocycles. The van der Waals surface area contributed by atoms with Crippen LogP contribution in [-0.4, -0.2) is 30.5 Å². The van der Waals surface area contributed by atoms with Crippen LogP contribution in [0.25, 0.3) is 0 Å². The molecule has 2 rings (SSSR count). The third-order valence-corrected chi connectivity index (χ3v) is 4.12. The Morgan fingerprint density at radius 1 is 1.35 bits per heavy atom. The zero-order valence-electron chi connectivity index (χ0n) is 13.9. The van der Waals surface area contributed by atoms with Gasteiger partial charge in [0.15, 0.2) is 0 Å². The molecule has 6 heteroatoms. The minimum atomic E-state index is -0.400. The number of benzene rings is 1. The number of carbonyl (C=O) groups is 1. The Hall–Kier alpha value is -2.11. The molecule has 0 spiro atoms. The zero-order valence-corrected chi connectivity index (χ0v) is 13.9. The molecule has 1 amide bonds. The number of carbonyl (C=O) groups excluding carboxylic acids is 1. The van der Waals surface area contributed by atoms with Gasteiger partial charge in [-0.05, 0) is 43.7 Å². The first-order valence-electron chi connectivity index (χ1n) is 8.30. The zero-order chi connectivity index (χ0) is 16.8. The van der Waals surface area contributed by atoms with E-state index in [0.717, 1.165) is 38.8 Å². The van der Waals surface area contributed by atoms with E-state index in [9.17, 15) is 14.9 Å². The Labute approximate surface area is 137 Å². The summed E-state index contributed by atoms with van der Waals surface area (Å²) in [4.78, 5) is 25.1. The summed E-state index contributed by atoms with van der Waals surface area (Å²) in [5.74, 6) is 0.359. The summed E-state index contributed by atoms with van der Waals surface area (Å²) in [6.45, 7) is 6.55. The van der Waals surface area contributed by atoms with Gasteiger partial charge in [-0.3, -0.25) is 14.9 Å². The topological polar surface area (TPSA) is 75.5 Å². The summed E-state index contributed by atoms with van der Waals surface area (Å²) in [5.41, 5.74) is 0.981. The normalized spacial score (nSPS) is 14.3. The Morgan fingerprint density at radius 2 is 2.04 bits per heavy atom. The van der Waals surface area contributed by atoms with Crippen LogP contribution < -0.4 is 10.2 Å². The quantitative estimate of drug-likeness (QED) is 0.475. The van der Waals surface area contributed by atoms with Crippen LogP contribution in [0.4, 0.5) is 11.4 Å². The van der Waals surface area contributed by atoms with E-state index in [4.69, 9.17) is 0 Å². The number of anilines is 1. The second kappa shape index (κ2) is 7.94. The summed E-state index contributed by atoms with van der Waals surface area (Å²) in [7, 11) is 0. The lowest BCUT2D eigenvalue weighted by Crippen LogP contribution is -2.25. The summed E-state index contributed by atoms with van der Waals surface area (Å²) in [5, 5.41) is 14.2. The van der Waals surface area contributed by atoms with Crippen molar-refractivity contribution in [2.24, 2.45) is 5.92 Å². The number of amides is 1. The predicted octanol–water partition coefficient (Wildman–Crippen LogP) is 3.36. The van der Waals surface area contributed by atoms with E-state index in [-0.39, 0.29) is 11.6 Å². The lowest BCUT2D eigenvalue weighted by Gasteiger charge is -2.17. The van der Waals surface area contributed by atoms with Gasteiger partial charge in [0.1, 0.15) is 5.69 Å². The third kappa shape index (κ3) is 4.68. The number of nitro groups is 1. The molecule has 6 nitrogen and oxygen atoms in total. The molecule has 1 heterocycles. The van der Waals surface area contributed by atoms with E-state index < -0.39 is 4.92 Å². The van der Waals surface area contributed by atoms with Crippen LogP contribution in [0.3, 0.4) is 0 Å². The first kappa shape index (κ1) is 17.2. The van der Waals surface area contributed by atoms with Crippen molar-refractivity contribution in [3.8, 4) is 0 Å². The molecule has 0 aromatic heterocycles. The van der Waals surface area contributed by atoms with E-state index in [1.807, 2.05) is 4.90 Å². The number of hydrogen-bond donors (Lipinski definition) is 1. The van der Waals surface area contributed by atoms with Crippen LogP contribution in [0, 0.1) is 16.0 Å². The first-order chi connectivity index (χ1) is 11.0. The van der Waals surface area contributed by atoms with Crippen molar-refractivity contribution in [1.29, 1.82) is 0 Å². The highest BCUT2D eigenvalue weighted by molar-refractivity contribution is 5.95. The number of nitrogens with one attached hydrogen (secondary N) is 1. The summed E-state index contributed by atoms with van der Waals surface area (Å²) in [6, 6.07) is 4.77. The Balaban J connectivity index is 2.06. The minimum absolute atomic E-state index is 0.0155. The van der Waals surface area contributed by atoms with Crippen LogP contribution in [0.2, 0.25) is 0 Å². The van der Waals surface area contributed by atoms with Gasteiger partial charge < -0.3 is 10.2 Å². The molecule has 1 aliphatic heterocycles. The van der Waals surface area contributed by atoms with E-state index in [2.05, 4.69) is 19.2 Å². The molecule has 126 valence electrons. The maximum atomic E-state index is 12.1. The smallest absolute Gasteiger partial charge is 0.293 e. The molecule has 1 aliphatic rings. The van der Waals surface area contributed by atoms with E-state index in [1.54, 1.807) is 12.1 Å². The predicted molar refractivity (Wildman–Crippen MR) is 90.9 cm³/mol. The van der Waals surface area contributed by atoms with Crippen molar-refractivity contribution in [1.82, 2.24) is 5.32 Å². The summed E-state index contributed by atoms with van der Waals surface area (Å²) < 4.78 is 0. The van der Waals surface area contributed by atoms with Crippen LogP contribution in [0.5, 0.6) is 0 Å². The van der Waals surface area contributed by atoms with Gasteiger partial charge in [0, 0.05) is 31.3 Å². The molecule has 0 aliphatic carbocycles. The lowest BCUT2D eigenvalue weighted by atomic mass is 10.1. The molecule has 0 unspecified atom stereocenters. The molecule has 1 fully saturated rings. The lowest BCUT2D eigenvalue weighted by molar-refractivity contribution is -0.384. The first-order valence-corrected chi connectivity index (χ1v) is 8.30. The molecule has 0 saturated carbocycles. The molecule has 1 aromatic rings. The monoisotopic (exact) mass is 319 g/mol. The van der Waals surface area contributed by atoms with Gasteiger partial charge >= 0.3 is 0 Å².